The van der Waals surface area contributed by atoms with Crippen LogP contribution >= 0.6 is 0 Å². The van der Waals surface area contributed by atoms with Crippen molar-refractivity contribution in [2.75, 3.05) is 11.9 Å². The van der Waals surface area contributed by atoms with Crippen molar-refractivity contribution in [3.8, 4) is 0 Å². The zero-order valence-electron chi connectivity index (χ0n) is 14.0. The highest BCUT2D eigenvalue weighted by atomic mass is 16.5. The first-order valence-electron chi connectivity index (χ1n) is 7.93. The monoisotopic (exact) mass is 365 g/mol. The van der Waals surface area contributed by atoms with E-state index in [1.165, 1.54) is 24.3 Å². The molecule has 3 rings (SSSR count). The molecule has 0 aliphatic carbocycles. The van der Waals surface area contributed by atoms with E-state index in [2.05, 4.69) is 10.3 Å². The maximum absolute atomic E-state index is 12.3. The van der Waals surface area contributed by atoms with Gasteiger partial charge in [0.05, 0.1) is 5.56 Å². The predicted octanol–water partition coefficient (Wildman–Crippen LogP) is 1.42. The Morgan fingerprint density at radius 3 is 2.44 bits per heavy atom. The first-order chi connectivity index (χ1) is 12.9. The second kappa shape index (κ2) is 7.52. The van der Waals surface area contributed by atoms with Gasteiger partial charge in [-0.25, -0.2) is 4.79 Å². The number of aromatic nitrogens is 1. The SMILES string of the molecule is NC(=O)c1ccc(NC(=O)COC(=O)c2cc(=O)[nH]c3ccccc23)cc1. The molecule has 0 spiro atoms. The highest BCUT2D eigenvalue weighted by Gasteiger charge is 2.15. The van der Waals surface area contributed by atoms with Crippen LogP contribution in [-0.2, 0) is 9.53 Å². The average Bonchev–Trinajstić information content (AvgIpc) is 2.65. The molecule has 1 heterocycles. The van der Waals surface area contributed by atoms with E-state index in [0.29, 0.717) is 22.2 Å². The summed E-state index contributed by atoms with van der Waals surface area (Å²) in [6.07, 6.45) is 0. The van der Waals surface area contributed by atoms with Crippen LogP contribution in [0.4, 0.5) is 5.69 Å². The lowest BCUT2D eigenvalue weighted by molar-refractivity contribution is -0.119. The van der Waals surface area contributed by atoms with E-state index in [1.807, 2.05) is 0 Å². The number of amides is 2. The number of benzene rings is 2. The lowest BCUT2D eigenvalue weighted by atomic mass is 10.1. The van der Waals surface area contributed by atoms with Gasteiger partial charge in [0.2, 0.25) is 11.5 Å². The molecule has 2 amide bonds. The number of H-pyrrole nitrogens is 1. The highest BCUT2D eigenvalue weighted by molar-refractivity contribution is 6.04. The van der Waals surface area contributed by atoms with Crippen molar-refractivity contribution < 1.29 is 19.1 Å². The third-order valence-corrected chi connectivity index (χ3v) is 3.76. The van der Waals surface area contributed by atoms with Gasteiger partial charge in [-0.1, -0.05) is 18.2 Å². The largest absolute Gasteiger partial charge is 0.452 e. The topological polar surface area (TPSA) is 131 Å². The first-order valence-corrected chi connectivity index (χ1v) is 7.93. The van der Waals surface area contributed by atoms with Crippen molar-refractivity contribution in [3.05, 3.63) is 76.1 Å². The summed E-state index contributed by atoms with van der Waals surface area (Å²) in [4.78, 5) is 49.6. The van der Waals surface area contributed by atoms with Gasteiger partial charge in [0.25, 0.3) is 5.91 Å². The molecule has 4 N–H and O–H groups in total. The third kappa shape index (κ3) is 4.18. The van der Waals surface area contributed by atoms with Gasteiger partial charge in [-0.2, -0.15) is 0 Å². The number of aromatic amines is 1. The van der Waals surface area contributed by atoms with E-state index in [4.69, 9.17) is 10.5 Å². The molecule has 0 bridgehead atoms. The number of hydrogen-bond acceptors (Lipinski definition) is 5. The summed E-state index contributed by atoms with van der Waals surface area (Å²) < 4.78 is 5.01. The molecule has 0 unspecified atom stereocenters. The number of para-hydroxylation sites is 1. The summed E-state index contributed by atoms with van der Waals surface area (Å²) >= 11 is 0. The molecule has 0 aliphatic heterocycles. The quantitative estimate of drug-likeness (QED) is 0.589. The average molecular weight is 365 g/mol. The van der Waals surface area contributed by atoms with E-state index >= 15 is 0 Å². The molecule has 136 valence electrons. The van der Waals surface area contributed by atoms with Gasteiger partial charge < -0.3 is 20.8 Å². The Hall–Kier alpha value is -3.94. The van der Waals surface area contributed by atoms with Gasteiger partial charge in [-0.15, -0.1) is 0 Å². The predicted molar refractivity (Wildman–Crippen MR) is 98.4 cm³/mol. The summed E-state index contributed by atoms with van der Waals surface area (Å²) in [5.74, 6) is -1.92. The lowest BCUT2D eigenvalue weighted by Gasteiger charge is -2.08. The van der Waals surface area contributed by atoms with Gasteiger partial charge in [0.1, 0.15) is 0 Å². The van der Waals surface area contributed by atoms with Crippen LogP contribution in [0.15, 0.2) is 59.4 Å². The van der Waals surface area contributed by atoms with E-state index in [-0.39, 0.29) is 5.56 Å². The van der Waals surface area contributed by atoms with Crippen LogP contribution < -0.4 is 16.6 Å². The van der Waals surface area contributed by atoms with Crippen LogP contribution in [0.25, 0.3) is 10.9 Å². The van der Waals surface area contributed by atoms with Crippen LogP contribution in [0.1, 0.15) is 20.7 Å². The Bertz CT molecular complexity index is 1090. The van der Waals surface area contributed by atoms with Crippen LogP contribution in [0.5, 0.6) is 0 Å². The molecular weight excluding hydrogens is 350 g/mol. The number of rotatable bonds is 5. The molecule has 0 aliphatic rings. The van der Waals surface area contributed by atoms with Gasteiger partial charge in [0, 0.05) is 28.2 Å². The minimum absolute atomic E-state index is 0.0768. The van der Waals surface area contributed by atoms with Crippen molar-refractivity contribution in [1.29, 1.82) is 0 Å². The third-order valence-electron chi connectivity index (χ3n) is 3.76. The maximum Gasteiger partial charge on any atom is 0.339 e. The number of ether oxygens (including phenoxy) is 1. The Morgan fingerprint density at radius 2 is 1.74 bits per heavy atom. The van der Waals surface area contributed by atoms with Crippen molar-refractivity contribution in [3.63, 3.8) is 0 Å². The number of nitrogens with one attached hydrogen (secondary N) is 2. The van der Waals surface area contributed by atoms with Crippen molar-refractivity contribution in [2.24, 2.45) is 5.73 Å². The maximum atomic E-state index is 12.3. The standard InChI is InChI=1S/C19H15N3O5/c20-18(25)11-5-7-12(8-6-11)21-17(24)10-27-19(26)14-9-16(23)22-15-4-2-1-3-13(14)15/h1-9H,10H2,(H2,20,25)(H,21,24)(H,22,23). The number of carbonyl (C=O) groups excluding carboxylic acids is 3. The van der Waals surface area contributed by atoms with Crippen LogP contribution in [-0.4, -0.2) is 29.4 Å². The Kier molecular flexibility index (Phi) is 4.98. The van der Waals surface area contributed by atoms with Crippen molar-refractivity contribution >= 4 is 34.4 Å². The summed E-state index contributed by atoms with van der Waals surface area (Å²) in [6.45, 7) is -0.530. The highest BCUT2D eigenvalue weighted by Crippen LogP contribution is 2.15. The second-order valence-electron chi connectivity index (χ2n) is 5.66. The number of esters is 1. The summed E-state index contributed by atoms with van der Waals surface area (Å²) in [5, 5.41) is 3.05. The fraction of sp³-hybridized carbons (Fsp3) is 0.0526. The second-order valence-corrected chi connectivity index (χ2v) is 5.66. The number of carbonyl (C=O) groups is 3. The fourth-order valence-electron chi connectivity index (χ4n) is 2.50. The molecule has 1 aromatic heterocycles. The van der Waals surface area contributed by atoms with Gasteiger partial charge in [-0.3, -0.25) is 14.4 Å². The van der Waals surface area contributed by atoms with Crippen molar-refractivity contribution in [2.45, 2.75) is 0 Å². The molecule has 0 fully saturated rings. The molecule has 8 heteroatoms. The molecule has 0 radical (unpaired) electrons. The van der Waals surface area contributed by atoms with Crippen LogP contribution in [0, 0.1) is 0 Å². The van der Waals surface area contributed by atoms with Crippen LogP contribution in [0.3, 0.4) is 0 Å². The molecule has 2 aromatic carbocycles. The number of pyridine rings is 1. The Labute approximate surface area is 152 Å². The van der Waals surface area contributed by atoms with E-state index in [1.54, 1.807) is 24.3 Å². The minimum atomic E-state index is -0.781. The molecule has 8 nitrogen and oxygen atoms in total. The zero-order valence-corrected chi connectivity index (χ0v) is 14.0. The zero-order chi connectivity index (χ0) is 19.4. The minimum Gasteiger partial charge on any atom is -0.452 e. The first kappa shape index (κ1) is 17.9. The summed E-state index contributed by atoms with van der Waals surface area (Å²) in [5.41, 5.74) is 6.00. The smallest absolute Gasteiger partial charge is 0.339 e. The lowest BCUT2D eigenvalue weighted by Crippen LogP contribution is -2.22. The summed E-state index contributed by atoms with van der Waals surface area (Å²) in [7, 11) is 0. The molecule has 3 aromatic rings. The Morgan fingerprint density at radius 1 is 1.04 bits per heavy atom. The van der Waals surface area contributed by atoms with Crippen molar-refractivity contribution in [1.82, 2.24) is 4.98 Å². The molecule has 0 saturated carbocycles. The molecule has 0 atom stereocenters. The molecule has 27 heavy (non-hydrogen) atoms. The van der Waals surface area contributed by atoms with Gasteiger partial charge in [-0.05, 0) is 30.3 Å². The molecule has 0 saturated heterocycles. The molecular formula is C19H15N3O5. The van der Waals surface area contributed by atoms with E-state index in [9.17, 15) is 19.2 Å². The van der Waals surface area contributed by atoms with E-state index < -0.39 is 29.9 Å². The van der Waals surface area contributed by atoms with E-state index in [0.717, 1.165) is 6.07 Å². The number of fused-ring (bicyclic) bond motifs is 1. The number of primary amides is 1. The number of hydrogen-bond donors (Lipinski definition) is 3. The number of nitrogens with two attached hydrogens (primary N) is 1. The van der Waals surface area contributed by atoms with Crippen LogP contribution in [0.2, 0.25) is 0 Å². The fourth-order valence-corrected chi connectivity index (χ4v) is 2.50. The van der Waals surface area contributed by atoms with Gasteiger partial charge in [0.15, 0.2) is 6.61 Å². The summed E-state index contributed by atoms with van der Waals surface area (Å²) in [6, 6.07) is 13.8. The van der Waals surface area contributed by atoms with Gasteiger partial charge >= 0.3 is 5.97 Å². The normalized spacial score (nSPS) is 10.4. The number of anilines is 1. The Balaban J connectivity index is 1.66.